The van der Waals surface area contributed by atoms with Crippen LogP contribution in [0.25, 0.3) is 0 Å². The van der Waals surface area contributed by atoms with Crippen LogP contribution in [-0.2, 0) is 4.79 Å². The Morgan fingerprint density at radius 3 is 3.06 bits per heavy atom. The molecule has 1 unspecified atom stereocenters. The van der Waals surface area contributed by atoms with Crippen molar-refractivity contribution < 1.29 is 9.32 Å². The van der Waals surface area contributed by atoms with Gasteiger partial charge in [-0.2, -0.15) is 0 Å². The Balaban J connectivity index is 2.06. The summed E-state index contributed by atoms with van der Waals surface area (Å²) in [5.74, 6) is 1.20. The van der Waals surface area contributed by atoms with E-state index >= 15 is 0 Å². The Morgan fingerprint density at radius 2 is 2.53 bits per heavy atom. The number of hydrogen-bond donors (Lipinski definition) is 2. The van der Waals surface area contributed by atoms with Crippen LogP contribution in [0.1, 0.15) is 38.4 Å². The number of anilines is 1. The molecule has 1 fully saturated rings. The minimum absolute atomic E-state index is 0.00477. The van der Waals surface area contributed by atoms with Crippen molar-refractivity contribution >= 4 is 11.7 Å². The monoisotopic (exact) mass is 237 g/mol. The summed E-state index contributed by atoms with van der Waals surface area (Å²) in [5.41, 5.74) is -0.415. The zero-order valence-corrected chi connectivity index (χ0v) is 10.4. The SMILES string of the molecule is CCCC1(C(=O)Nc2cc(C)on2)CCCN1. The van der Waals surface area contributed by atoms with Crippen molar-refractivity contribution in [2.24, 2.45) is 0 Å². The molecule has 0 spiro atoms. The van der Waals surface area contributed by atoms with Gasteiger partial charge in [0.25, 0.3) is 0 Å². The number of amides is 1. The first-order valence-corrected chi connectivity index (χ1v) is 6.16. The standard InChI is InChI=1S/C12H19N3O2/c1-3-5-12(6-4-7-13-12)11(16)14-10-8-9(2)17-15-10/h8,13H,3-7H2,1-2H3,(H,14,15,16). The largest absolute Gasteiger partial charge is 0.360 e. The molecule has 0 aliphatic carbocycles. The molecule has 1 amide bonds. The maximum absolute atomic E-state index is 12.3. The van der Waals surface area contributed by atoms with Gasteiger partial charge in [0.05, 0.1) is 5.54 Å². The highest BCUT2D eigenvalue weighted by Gasteiger charge is 2.40. The molecule has 0 radical (unpaired) electrons. The van der Waals surface area contributed by atoms with Gasteiger partial charge in [-0.15, -0.1) is 0 Å². The zero-order chi connectivity index (χ0) is 12.3. The number of aryl methyl sites for hydroxylation is 1. The lowest BCUT2D eigenvalue weighted by atomic mass is 9.91. The minimum atomic E-state index is -0.415. The van der Waals surface area contributed by atoms with Crippen molar-refractivity contribution in [2.45, 2.75) is 45.1 Å². The third-order valence-electron chi connectivity index (χ3n) is 3.22. The van der Waals surface area contributed by atoms with Crippen molar-refractivity contribution in [1.82, 2.24) is 10.5 Å². The number of carbonyl (C=O) groups excluding carboxylic acids is 1. The van der Waals surface area contributed by atoms with Crippen LogP contribution in [0, 0.1) is 6.92 Å². The normalized spacial score (nSPS) is 23.9. The van der Waals surface area contributed by atoms with Crippen LogP contribution in [0.3, 0.4) is 0 Å². The molecule has 17 heavy (non-hydrogen) atoms. The lowest BCUT2D eigenvalue weighted by Gasteiger charge is -2.27. The topological polar surface area (TPSA) is 67.2 Å². The molecule has 5 heteroatoms. The van der Waals surface area contributed by atoms with Crippen LogP contribution in [-0.4, -0.2) is 23.1 Å². The summed E-state index contributed by atoms with van der Waals surface area (Å²) in [4.78, 5) is 12.3. The average Bonchev–Trinajstić information content (AvgIpc) is 2.89. The number of rotatable bonds is 4. The molecule has 1 aliphatic rings. The van der Waals surface area contributed by atoms with Gasteiger partial charge in [-0.1, -0.05) is 18.5 Å². The van der Waals surface area contributed by atoms with Crippen LogP contribution in [0.4, 0.5) is 5.82 Å². The van der Waals surface area contributed by atoms with Crippen LogP contribution in [0.2, 0.25) is 0 Å². The molecule has 0 aromatic carbocycles. The first kappa shape index (κ1) is 12.1. The first-order valence-electron chi connectivity index (χ1n) is 6.16. The first-order chi connectivity index (χ1) is 8.16. The van der Waals surface area contributed by atoms with Crippen molar-refractivity contribution in [3.05, 3.63) is 11.8 Å². The van der Waals surface area contributed by atoms with Gasteiger partial charge in [-0.25, -0.2) is 0 Å². The lowest BCUT2D eigenvalue weighted by molar-refractivity contribution is -0.122. The molecule has 94 valence electrons. The fraction of sp³-hybridized carbons (Fsp3) is 0.667. The van der Waals surface area contributed by atoms with E-state index < -0.39 is 5.54 Å². The molecule has 2 rings (SSSR count). The Labute approximate surface area is 101 Å². The van der Waals surface area contributed by atoms with E-state index in [9.17, 15) is 4.79 Å². The maximum Gasteiger partial charge on any atom is 0.245 e. The zero-order valence-electron chi connectivity index (χ0n) is 10.4. The highest BCUT2D eigenvalue weighted by Crippen LogP contribution is 2.26. The van der Waals surface area contributed by atoms with Crippen molar-refractivity contribution in [1.29, 1.82) is 0 Å². The molecule has 5 nitrogen and oxygen atoms in total. The smallest absolute Gasteiger partial charge is 0.245 e. The van der Waals surface area contributed by atoms with Crippen molar-refractivity contribution in [3.63, 3.8) is 0 Å². The highest BCUT2D eigenvalue weighted by molar-refractivity contribution is 5.97. The van der Waals surface area contributed by atoms with E-state index in [0.29, 0.717) is 11.6 Å². The van der Waals surface area contributed by atoms with E-state index in [-0.39, 0.29) is 5.91 Å². The van der Waals surface area contributed by atoms with Gasteiger partial charge < -0.3 is 15.2 Å². The molecule has 1 saturated heterocycles. The van der Waals surface area contributed by atoms with E-state index in [1.54, 1.807) is 13.0 Å². The maximum atomic E-state index is 12.3. The second kappa shape index (κ2) is 4.87. The van der Waals surface area contributed by atoms with Gasteiger partial charge in [0, 0.05) is 6.07 Å². The predicted molar refractivity (Wildman–Crippen MR) is 64.7 cm³/mol. The van der Waals surface area contributed by atoms with Gasteiger partial charge >= 0.3 is 0 Å². The summed E-state index contributed by atoms with van der Waals surface area (Å²) >= 11 is 0. The van der Waals surface area contributed by atoms with E-state index in [1.165, 1.54) is 0 Å². The Bertz CT molecular complexity index is 394. The fourth-order valence-corrected chi connectivity index (χ4v) is 2.41. The number of hydrogen-bond acceptors (Lipinski definition) is 4. The van der Waals surface area contributed by atoms with Crippen molar-refractivity contribution in [2.75, 3.05) is 11.9 Å². The quantitative estimate of drug-likeness (QED) is 0.838. The van der Waals surface area contributed by atoms with Crippen molar-refractivity contribution in [3.8, 4) is 0 Å². The molecular formula is C12H19N3O2. The second-order valence-electron chi connectivity index (χ2n) is 4.64. The molecule has 1 aromatic rings. The summed E-state index contributed by atoms with van der Waals surface area (Å²) in [6.07, 6.45) is 3.78. The van der Waals surface area contributed by atoms with E-state index in [0.717, 1.165) is 32.2 Å². The third kappa shape index (κ3) is 2.49. The van der Waals surface area contributed by atoms with Gasteiger partial charge in [0.1, 0.15) is 5.76 Å². The second-order valence-corrected chi connectivity index (χ2v) is 4.64. The molecule has 1 aliphatic heterocycles. The number of aromatic nitrogens is 1. The highest BCUT2D eigenvalue weighted by atomic mass is 16.5. The molecule has 1 atom stereocenters. The fourth-order valence-electron chi connectivity index (χ4n) is 2.41. The van der Waals surface area contributed by atoms with E-state index in [4.69, 9.17) is 4.52 Å². The number of nitrogens with zero attached hydrogens (tertiary/aromatic N) is 1. The Kier molecular flexibility index (Phi) is 3.47. The van der Waals surface area contributed by atoms with Crippen LogP contribution in [0.15, 0.2) is 10.6 Å². The minimum Gasteiger partial charge on any atom is -0.360 e. The Morgan fingerprint density at radius 1 is 1.71 bits per heavy atom. The van der Waals surface area contributed by atoms with Gasteiger partial charge in [0.15, 0.2) is 5.82 Å². The predicted octanol–water partition coefficient (Wildman–Crippen LogP) is 1.84. The van der Waals surface area contributed by atoms with Gasteiger partial charge in [0.2, 0.25) is 5.91 Å². The summed E-state index contributed by atoms with van der Waals surface area (Å²) in [5, 5.41) is 9.94. The molecule has 0 saturated carbocycles. The van der Waals surface area contributed by atoms with Crippen LogP contribution < -0.4 is 10.6 Å². The van der Waals surface area contributed by atoms with Gasteiger partial charge in [-0.3, -0.25) is 4.79 Å². The molecule has 1 aromatic heterocycles. The van der Waals surface area contributed by atoms with Gasteiger partial charge in [-0.05, 0) is 32.7 Å². The molecule has 2 N–H and O–H groups in total. The molecule has 2 heterocycles. The summed E-state index contributed by atoms with van der Waals surface area (Å²) in [6, 6.07) is 1.73. The number of carbonyl (C=O) groups is 1. The summed E-state index contributed by atoms with van der Waals surface area (Å²) in [7, 11) is 0. The molecule has 0 bridgehead atoms. The summed E-state index contributed by atoms with van der Waals surface area (Å²) < 4.78 is 4.94. The lowest BCUT2D eigenvalue weighted by Crippen LogP contribution is -2.50. The van der Waals surface area contributed by atoms with E-state index in [2.05, 4.69) is 22.7 Å². The number of nitrogens with one attached hydrogen (secondary N) is 2. The van der Waals surface area contributed by atoms with Crippen LogP contribution >= 0.6 is 0 Å². The Hall–Kier alpha value is -1.36. The van der Waals surface area contributed by atoms with Crippen LogP contribution in [0.5, 0.6) is 0 Å². The summed E-state index contributed by atoms with van der Waals surface area (Å²) in [6.45, 7) is 4.80. The average molecular weight is 237 g/mol. The van der Waals surface area contributed by atoms with E-state index in [1.807, 2.05) is 0 Å². The third-order valence-corrected chi connectivity index (χ3v) is 3.22. The molecular weight excluding hydrogens is 218 g/mol.